The standard InChI is InChI=1S/C14H22N2O2/c1-10-5-6-11(2)14(12(10)3)18-8-4-7-16-13(17)9-15/h5-6H,4,7-9,15H2,1-3H3,(H,16,17). The first-order chi connectivity index (χ1) is 8.56. The lowest BCUT2D eigenvalue weighted by molar-refractivity contribution is -0.119. The number of aryl methyl sites for hydroxylation is 2. The lowest BCUT2D eigenvalue weighted by Gasteiger charge is -2.14. The van der Waals surface area contributed by atoms with Crippen molar-refractivity contribution in [2.45, 2.75) is 27.2 Å². The number of carbonyl (C=O) groups excluding carboxylic acids is 1. The minimum Gasteiger partial charge on any atom is -0.493 e. The average Bonchev–Trinajstić information content (AvgIpc) is 2.37. The van der Waals surface area contributed by atoms with E-state index in [1.807, 2.05) is 6.92 Å². The molecule has 0 saturated carbocycles. The van der Waals surface area contributed by atoms with Crippen LogP contribution in [0.3, 0.4) is 0 Å². The van der Waals surface area contributed by atoms with Crippen molar-refractivity contribution < 1.29 is 9.53 Å². The summed E-state index contributed by atoms with van der Waals surface area (Å²) in [5.74, 6) is 0.832. The third-order valence-corrected chi connectivity index (χ3v) is 2.95. The molecule has 0 heterocycles. The van der Waals surface area contributed by atoms with Gasteiger partial charge in [-0.2, -0.15) is 0 Å². The van der Waals surface area contributed by atoms with Crippen molar-refractivity contribution in [3.05, 3.63) is 28.8 Å². The Balaban J connectivity index is 2.40. The van der Waals surface area contributed by atoms with E-state index in [0.29, 0.717) is 13.2 Å². The Morgan fingerprint density at radius 1 is 1.28 bits per heavy atom. The molecular formula is C14H22N2O2. The maximum absolute atomic E-state index is 10.9. The molecule has 0 radical (unpaired) electrons. The van der Waals surface area contributed by atoms with Crippen LogP contribution in [0.1, 0.15) is 23.1 Å². The van der Waals surface area contributed by atoms with Crippen molar-refractivity contribution in [2.24, 2.45) is 5.73 Å². The number of hydrogen-bond acceptors (Lipinski definition) is 3. The van der Waals surface area contributed by atoms with Gasteiger partial charge in [0.15, 0.2) is 0 Å². The molecule has 0 fully saturated rings. The topological polar surface area (TPSA) is 64.3 Å². The van der Waals surface area contributed by atoms with Crippen molar-refractivity contribution in [3.63, 3.8) is 0 Å². The van der Waals surface area contributed by atoms with Crippen LogP contribution in [0.5, 0.6) is 5.75 Å². The summed E-state index contributed by atoms with van der Waals surface area (Å²) in [7, 11) is 0. The molecule has 18 heavy (non-hydrogen) atoms. The number of ether oxygens (including phenoxy) is 1. The van der Waals surface area contributed by atoms with Crippen LogP contribution in [0.2, 0.25) is 0 Å². The zero-order chi connectivity index (χ0) is 13.5. The predicted octanol–water partition coefficient (Wildman–Crippen LogP) is 1.46. The Bertz CT molecular complexity index is 417. The van der Waals surface area contributed by atoms with Gasteiger partial charge in [-0.25, -0.2) is 0 Å². The molecule has 0 bridgehead atoms. The minimum atomic E-state index is -0.127. The summed E-state index contributed by atoms with van der Waals surface area (Å²) in [5, 5.41) is 2.72. The molecule has 1 aromatic carbocycles. The summed E-state index contributed by atoms with van der Waals surface area (Å²) in [6.07, 6.45) is 0.776. The van der Waals surface area contributed by atoms with E-state index in [-0.39, 0.29) is 12.5 Å². The van der Waals surface area contributed by atoms with E-state index in [1.54, 1.807) is 0 Å². The Morgan fingerprint density at radius 2 is 1.94 bits per heavy atom. The Kier molecular flexibility index (Phi) is 5.65. The van der Waals surface area contributed by atoms with Crippen LogP contribution in [0.4, 0.5) is 0 Å². The first kappa shape index (κ1) is 14.5. The first-order valence-electron chi connectivity index (χ1n) is 6.22. The number of hydrogen-bond donors (Lipinski definition) is 2. The van der Waals surface area contributed by atoms with E-state index < -0.39 is 0 Å². The third-order valence-electron chi connectivity index (χ3n) is 2.95. The lowest BCUT2D eigenvalue weighted by atomic mass is 10.1. The van der Waals surface area contributed by atoms with Gasteiger partial charge in [-0.3, -0.25) is 4.79 Å². The van der Waals surface area contributed by atoms with Gasteiger partial charge in [0.05, 0.1) is 13.2 Å². The molecule has 0 unspecified atom stereocenters. The van der Waals surface area contributed by atoms with Crippen LogP contribution in [-0.2, 0) is 4.79 Å². The van der Waals surface area contributed by atoms with Gasteiger partial charge >= 0.3 is 0 Å². The van der Waals surface area contributed by atoms with Gasteiger partial charge < -0.3 is 15.8 Å². The van der Waals surface area contributed by atoms with Crippen molar-refractivity contribution in [1.82, 2.24) is 5.32 Å². The molecule has 0 saturated heterocycles. The second-order valence-electron chi connectivity index (χ2n) is 4.41. The van der Waals surface area contributed by atoms with E-state index in [2.05, 4.69) is 31.3 Å². The van der Waals surface area contributed by atoms with Gasteiger partial charge in [0.2, 0.25) is 5.91 Å². The zero-order valence-electron chi connectivity index (χ0n) is 11.4. The summed E-state index contributed by atoms with van der Waals surface area (Å²) in [6.45, 7) is 7.40. The van der Waals surface area contributed by atoms with E-state index in [9.17, 15) is 4.79 Å². The molecule has 1 amide bonds. The van der Waals surface area contributed by atoms with E-state index in [1.165, 1.54) is 11.1 Å². The Labute approximate surface area is 109 Å². The van der Waals surface area contributed by atoms with Crippen LogP contribution < -0.4 is 15.8 Å². The fourth-order valence-corrected chi connectivity index (χ4v) is 1.69. The second-order valence-corrected chi connectivity index (χ2v) is 4.41. The fraction of sp³-hybridized carbons (Fsp3) is 0.500. The third kappa shape index (κ3) is 4.04. The molecule has 4 heteroatoms. The van der Waals surface area contributed by atoms with E-state index in [4.69, 9.17) is 10.5 Å². The highest BCUT2D eigenvalue weighted by atomic mass is 16.5. The van der Waals surface area contributed by atoms with Crippen LogP contribution >= 0.6 is 0 Å². The quantitative estimate of drug-likeness (QED) is 0.751. The van der Waals surface area contributed by atoms with Crippen molar-refractivity contribution in [3.8, 4) is 5.75 Å². The minimum absolute atomic E-state index is 0.0386. The maximum Gasteiger partial charge on any atom is 0.233 e. The van der Waals surface area contributed by atoms with Crippen LogP contribution in [0.25, 0.3) is 0 Å². The SMILES string of the molecule is Cc1ccc(C)c(OCCCNC(=O)CN)c1C. The summed E-state index contributed by atoms with van der Waals surface area (Å²) >= 11 is 0. The largest absolute Gasteiger partial charge is 0.493 e. The van der Waals surface area contributed by atoms with Crippen LogP contribution in [-0.4, -0.2) is 25.6 Å². The molecule has 1 aromatic rings. The lowest BCUT2D eigenvalue weighted by Crippen LogP contribution is -2.31. The normalized spacial score (nSPS) is 10.2. The predicted molar refractivity (Wildman–Crippen MR) is 72.8 cm³/mol. The molecule has 0 aliphatic rings. The summed E-state index contributed by atoms with van der Waals surface area (Å²) in [6, 6.07) is 4.16. The Hall–Kier alpha value is -1.55. The molecule has 3 N–H and O–H groups in total. The maximum atomic E-state index is 10.9. The van der Waals surface area contributed by atoms with Crippen molar-refractivity contribution in [2.75, 3.05) is 19.7 Å². The fourth-order valence-electron chi connectivity index (χ4n) is 1.69. The highest BCUT2D eigenvalue weighted by molar-refractivity contribution is 5.77. The molecule has 0 aromatic heterocycles. The van der Waals surface area contributed by atoms with Gasteiger partial charge in [-0.05, 0) is 43.9 Å². The average molecular weight is 250 g/mol. The molecular weight excluding hydrogens is 228 g/mol. The highest BCUT2D eigenvalue weighted by Crippen LogP contribution is 2.25. The van der Waals surface area contributed by atoms with Crippen molar-refractivity contribution in [1.29, 1.82) is 0 Å². The highest BCUT2D eigenvalue weighted by Gasteiger charge is 2.06. The molecule has 0 spiro atoms. The van der Waals surface area contributed by atoms with Gasteiger partial charge in [-0.1, -0.05) is 12.1 Å². The number of nitrogens with one attached hydrogen (secondary N) is 1. The van der Waals surface area contributed by atoms with Crippen molar-refractivity contribution >= 4 is 5.91 Å². The van der Waals surface area contributed by atoms with Gasteiger partial charge in [0.25, 0.3) is 0 Å². The second kappa shape index (κ2) is 7.01. The zero-order valence-corrected chi connectivity index (χ0v) is 11.4. The molecule has 0 atom stereocenters. The molecule has 100 valence electrons. The summed E-state index contributed by atoms with van der Waals surface area (Å²) in [5.41, 5.74) is 8.74. The summed E-state index contributed by atoms with van der Waals surface area (Å²) in [4.78, 5) is 10.9. The van der Waals surface area contributed by atoms with Crippen LogP contribution in [0.15, 0.2) is 12.1 Å². The van der Waals surface area contributed by atoms with E-state index in [0.717, 1.165) is 17.7 Å². The van der Waals surface area contributed by atoms with E-state index >= 15 is 0 Å². The Morgan fingerprint density at radius 3 is 2.61 bits per heavy atom. The summed E-state index contributed by atoms with van der Waals surface area (Å²) < 4.78 is 5.78. The van der Waals surface area contributed by atoms with Gasteiger partial charge in [0, 0.05) is 6.54 Å². The van der Waals surface area contributed by atoms with Crippen LogP contribution in [0, 0.1) is 20.8 Å². The smallest absolute Gasteiger partial charge is 0.233 e. The number of nitrogens with two attached hydrogens (primary N) is 1. The number of rotatable bonds is 6. The first-order valence-corrected chi connectivity index (χ1v) is 6.22. The number of carbonyl (C=O) groups is 1. The van der Waals surface area contributed by atoms with Gasteiger partial charge in [0.1, 0.15) is 5.75 Å². The van der Waals surface area contributed by atoms with Gasteiger partial charge in [-0.15, -0.1) is 0 Å². The molecule has 1 rings (SSSR count). The number of benzene rings is 1. The monoisotopic (exact) mass is 250 g/mol. The molecule has 4 nitrogen and oxygen atoms in total. The number of amides is 1. The molecule has 0 aliphatic carbocycles. The molecule has 0 aliphatic heterocycles.